The summed E-state index contributed by atoms with van der Waals surface area (Å²) in [6.07, 6.45) is 8.41. The number of nitrogens with two attached hydrogens (primary N) is 1. The number of nitrogen functional groups attached to an aromatic ring is 1. The number of nitrogens with zero attached hydrogens (tertiary/aromatic N) is 7. The zero-order valence-electron chi connectivity index (χ0n) is 16.2. The number of nitrogens with one attached hydrogen (secondary N) is 1. The van der Waals surface area contributed by atoms with Gasteiger partial charge in [0, 0.05) is 49.4 Å². The van der Waals surface area contributed by atoms with E-state index in [2.05, 4.69) is 30.0 Å². The van der Waals surface area contributed by atoms with Crippen LogP contribution in [0, 0.1) is 0 Å². The van der Waals surface area contributed by atoms with Gasteiger partial charge in [-0.15, -0.1) is 5.10 Å². The van der Waals surface area contributed by atoms with Gasteiger partial charge in [-0.1, -0.05) is 0 Å². The fourth-order valence-corrected chi connectivity index (χ4v) is 3.57. The van der Waals surface area contributed by atoms with E-state index in [-0.39, 0.29) is 5.56 Å². The molecule has 154 valence electrons. The second kappa shape index (κ2) is 7.69. The molecule has 0 unspecified atom stereocenters. The van der Waals surface area contributed by atoms with E-state index >= 15 is 0 Å². The topological polar surface area (TPSA) is 133 Å². The van der Waals surface area contributed by atoms with E-state index in [1.807, 2.05) is 10.9 Å². The van der Waals surface area contributed by atoms with Gasteiger partial charge in [0.2, 0.25) is 0 Å². The van der Waals surface area contributed by atoms with Crippen molar-refractivity contribution in [1.82, 2.24) is 39.4 Å². The first-order valence-electron chi connectivity index (χ1n) is 9.70. The standard InChI is InChI=1S/C19H21N9O2/c20-17-15(13-9-24-27(10-13)4-3-26-5-7-30-8-6-26)11-28(25-17)18-16-14(1-2-21-18)19(29)23-12-22-16/h1-2,9-12H,3-8H2,(H2,20,25)(H,22,23,29). The summed E-state index contributed by atoms with van der Waals surface area (Å²) in [5, 5.41) is 9.28. The number of ether oxygens (including phenoxy) is 1. The smallest absolute Gasteiger partial charge is 0.258 e. The molecule has 4 aromatic rings. The quantitative estimate of drug-likeness (QED) is 0.482. The third kappa shape index (κ3) is 3.44. The molecule has 0 bridgehead atoms. The predicted octanol–water partition coefficient (Wildman–Crippen LogP) is 0.282. The van der Waals surface area contributed by atoms with E-state index in [9.17, 15) is 4.79 Å². The number of anilines is 1. The van der Waals surface area contributed by atoms with Crippen LogP contribution in [0.25, 0.3) is 27.8 Å². The van der Waals surface area contributed by atoms with Gasteiger partial charge < -0.3 is 15.5 Å². The number of rotatable bonds is 5. The average molecular weight is 407 g/mol. The second-order valence-electron chi connectivity index (χ2n) is 7.08. The molecule has 0 radical (unpaired) electrons. The molecular formula is C19H21N9O2. The second-order valence-corrected chi connectivity index (χ2v) is 7.08. The molecule has 1 aliphatic rings. The molecule has 0 aliphatic carbocycles. The minimum Gasteiger partial charge on any atom is -0.382 e. The summed E-state index contributed by atoms with van der Waals surface area (Å²) in [5.74, 6) is 0.794. The Bertz CT molecular complexity index is 1240. The summed E-state index contributed by atoms with van der Waals surface area (Å²) in [6, 6.07) is 1.62. The Morgan fingerprint density at radius 2 is 2.03 bits per heavy atom. The van der Waals surface area contributed by atoms with Gasteiger partial charge >= 0.3 is 0 Å². The highest BCUT2D eigenvalue weighted by molar-refractivity contribution is 5.84. The molecule has 0 amide bonds. The van der Waals surface area contributed by atoms with E-state index in [1.54, 1.807) is 29.3 Å². The number of fused-ring (bicyclic) bond motifs is 1. The molecule has 5 heterocycles. The minimum atomic E-state index is -0.231. The Morgan fingerprint density at radius 1 is 1.17 bits per heavy atom. The van der Waals surface area contributed by atoms with Gasteiger partial charge in [0.25, 0.3) is 5.56 Å². The van der Waals surface area contributed by atoms with E-state index in [0.717, 1.165) is 50.5 Å². The third-order valence-corrected chi connectivity index (χ3v) is 5.19. The Balaban J connectivity index is 1.41. The van der Waals surface area contributed by atoms with E-state index in [0.29, 0.717) is 22.5 Å². The summed E-state index contributed by atoms with van der Waals surface area (Å²) in [5.41, 5.74) is 8.02. The van der Waals surface area contributed by atoms with E-state index in [1.165, 1.54) is 6.33 Å². The normalized spacial score (nSPS) is 15.1. The maximum absolute atomic E-state index is 12.0. The average Bonchev–Trinajstić information content (AvgIpc) is 3.39. The first-order chi connectivity index (χ1) is 14.7. The van der Waals surface area contributed by atoms with Crippen LogP contribution in [0.15, 0.2) is 42.0 Å². The van der Waals surface area contributed by atoms with Crippen molar-refractivity contribution in [2.75, 3.05) is 38.6 Å². The van der Waals surface area contributed by atoms with Gasteiger partial charge in [0.15, 0.2) is 11.6 Å². The van der Waals surface area contributed by atoms with Crippen LogP contribution in [0.4, 0.5) is 5.82 Å². The summed E-state index contributed by atoms with van der Waals surface area (Å²) in [4.78, 5) is 25.6. The van der Waals surface area contributed by atoms with Crippen LogP contribution < -0.4 is 11.3 Å². The molecule has 5 rings (SSSR count). The van der Waals surface area contributed by atoms with Crippen molar-refractivity contribution in [3.05, 3.63) is 47.5 Å². The lowest BCUT2D eigenvalue weighted by Gasteiger charge is -2.26. The molecule has 0 saturated carbocycles. The van der Waals surface area contributed by atoms with Crippen LogP contribution in [0.5, 0.6) is 0 Å². The lowest BCUT2D eigenvalue weighted by atomic mass is 10.2. The molecule has 4 aromatic heterocycles. The Labute approximate surface area is 171 Å². The maximum Gasteiger partial charge on any atom is 0.258 e. The van der Waals surface area contributed by atoms with Crippen LogP contribution in [0.1, 0.15) is 0 Å². The molecule has 0 spiro atoms. The number of aromatic amines is 1. The predicted molar refractivity (Wildman–Crippen MR) is 110 cm³/mol. The van der Waals surface area contributed by atoms with Crippen molar-refractivity contribution < 1.29 is 4.74 Å². The van der Waals surface area contributed by atoms with Crippen molar-refractivity contribution >= 4 is 16.7 Å². The number of pyridine rings is 1. The van der Waals surface area contributed by atoms with Gasteiger partial charge in [-0.2, -0.15) is 5.10 Å². The highest BCUT2D eigenvalue weighted by Crippen LogP contribution is 2.26. The summed E-state index contributed by atoms with van der Waals surface area (Å²) < 4.78 is 8.83. The van der Waals surface area contributed by atoms with E-state index < -0.39 is 0 Å². The molecule has 30 heavy (non-hydrogen) atoms. The zero-order valence-corrected chi connectivity index (χ0v) is 16.2. The summed E-state index contributed by atoms with van der Waals surface area (Å²) in [6.45, 7) is 5.16. The highest BCUT2D eigenvalue weighted by Gasteiger charge is 2.16. The highest BCUT2D eigenvalue weighted by atomic mass is 16.5. The van der Waals surface area contributed by atoms with Gasteiger partial charge in [0.05, 0.1) is 37.7 Å². The van der Waals surface area contributed by atoms with Gasteiger partial charge in [-0.25, -0.2) is 14.6 Å². The van der Waals surface area contributed by atoms with E-state index in [4.69, 9.17) is 10.5 Å². The number of morpholine rings is 1. The molecule has 11 heteroatoms. The van der Waals surface area contributed by atoms with Gasteiger partial charge in [-0.3, -0.25) is 14.4 Å². The SMILES string of the molecule is Nc1nn(-c2nccc3c(=O)[nH]cnc23)cc1-c1cnn(CCN2CCOCC2)c1. The van der Waals surface area contributed by atoms with Crippen molar-refractivity contribution in [3.63, 3.8) is 0 Å². The fourth-order valence-electron chi connectivity index (χ4n) is 3.57. The van der Waals surface area contributed by atoms with Crippen molar-refractivity contribution in [2.24, 2.45) is 0 Å². The molecular weight excluding hydrogens is 386 g/mol. The van der Waals surface area contributed by atoms with Crippen LogP contribution >= 0.6 is 0 Å². The number of hydrogen-bond donors (Lipinski definition) is 2. The van der Waals surface area contributed by atoms with Crippen molar-refractivity contribution in [3.8, 4) is 16.9 Å². The first-order valence-corrected chi connectivity index (χ1v) is 9.70. The zero-order chi connectivity index (χ0) is 20.5. The van der Waals surface area contributed by atoms with Crippen LogP contribution in [-0.2, 0) is 11.3 Å². The Hall–Kier alpha value is -3.57. The van der Waals surface area contributed by atoms with Crippen molar-refractivity contribution in [2.45, 2.75) is 6.54 Å². The molecule has 0 atom stereocenters. The fraction of sp³-hybridized carbons (Fsp3) is 0.316. The maximum atomic E-state index is 12.0. The monoisotopic (exact) mass is 407 g/mol. The van der Waals surface area contributed by atoms with Gasteiger partial charge in [0.1, 0.15) is 5.52 Å². The van der Waals surface area contributed by atoms with Crippen LogP contribution in [0.3, 0.4) is 0 Å². The molecule has 1 aliphatic heterocycles. The van der Waals surface area contributed by atoms with Gasteiger partial charge in [-0.05, 0) is 6.07 Å². The Kier molecular flexibility index (Phi) is 4.73. The lowest BCUT2D eigenvalue weighted by molar-refractivity contribution is 0.0360. The molecule has 1 saturated heterocycles. The number of H-pyrrole nitrogens is 1. The molecule has 11 nitrogen and oxygen atoms in total. The lowest BCUT2D eigenvalue weighted by Crippen LogP contribution is -2.38. The molecule has 1 fully saturated rings. The number of aromatic nitrogens is 7. The first kappa shape index (κ1) is 18.5. The van der Waals surface area contributed by atoms with Crippen molar-refractivity contribution in [1.29, 1.82) is 0 Å². The Morgan fingerprint density at radius 3 is 2.90 bits per heavy atom. The number of hydrogen-bond acceptors (Lipinski definition) is 8. The molecule has 0 aromatic carbocycles. The minimum absolute atomic E-state index is 0.231. The third-order valence-electron chi connectivity index (χ3n) is 5.19. The molecule has 3 N–H and O–H groups in total. The van der Waals surface area contributed by atoms with Crippen LogP contribution in [0.2, 0.25) is 0 Å². The largest absolute Gasteiger partial charge is 0.382 e. The summed E-state index contributed by atoms with van der Waals surface area (Å²) >= 11 is 0. The van der Waals surface area contributed by atoms with Crippen LogP contribution in [-0.4, -0.2) is 72.3 Å². The summed E-state index contributed by atoms with van der Waals surface area (Å²) in [7, 11) is 0.